The molecule has 120 valence electrons. The Morgan fingerprint density at radius 2 is 2.09 bits per heavy atom. The second-order valence-corrected chi connectivity index (χ2v) is 4.65. The molecule has 0 radical (unpaired) electrons. The smallest absolute Gasteiger partial charge is 0.325 e. The summed E-state index contributed by atoms with van der Waals surface area (Å²) in [6.07, 6.45) is 1.29. The van der Waals surface area contributed by atoms with Gasteiger partial charge in [0.25, 0.3) is 11.8 Å². The van der Waals surface area contributed by atoms with E-state index in [2.05, 4.69) is 20.3 Å². The average molecular weight is 317 g/mol. The van der Waals surface area contributed by atoms with Gasteiger partial charge in [-0.1, -0.05) is 22.9 Å². The minimum absolute atomic E-state index is 0.221. The van der Waals surface area contributed by atoms with Crippen molar-refractivity contribution in [1.29, 1.82) is 0 Å². The number of nitrogens with one attached hydrogen (secondary N) is 2. The normalized spacial score (nSPS) is 9.96. The van der Waals surface area contributed by atoms with Crippen LogP contribution in [0, 0.1) is 6.92 Å². The van der Waals surface area contributed by atoms with Gasteiger partial charge in [0.2, 0.25) is 0 Å². The molecule has 0 aliphatic carbocycles. The number of anilines is 1. The van der Waals surface area contributed by atoms with E-state index in [1.54, 1.807) is 18.2 Å². The van der Waals surface area contributed by atoms with Crippen molar-refractivity contribution in [2.45, 2.75) is 6.92 Å². The standard InChI is InChI=1S/C15H15N3O5/c1-10-3-2-4-11(7-10)15(21)16-8-14(20)22-9-13(19)17-12-5-6-23-18-12/h2-7H,8-9H2,1H3,(H,16,21)(H,17,18,19). The molecule has 0 aliphatic rings. The number of amides is 2. The predicted octanol–water partition coefficient (Wildman–Crippen LogP) is 0.895. The largest absolute Gasteiger partial charge is 0.454 e. The zero-order chi connectivity index (χ0) is 16.7. The van der Waals surface area contributed by atoms with Crippen LogP contribution in [0.1, 0.15) is 15.9 Å². The molecule has 0 unspecified atom stereocenters. The van der Waals surface area contributed by atoms with Crippen molar-refractivity contribution in [3.63, 3.8) is 0 Å². The van der Waals surface area contributed by atoms with Gasteiger partial charge in [0.15, 0.2) is 12.4 Å². The Kier molecular flexibility index (Phi) is 5.45. The molecule has 1 heterocycles. The molecule has 2 amide bonds. The topological polar surface area (TPSA) is 111 Å². The average Bonchev–Trinajstić information content (AvgIpc) is 3.03. The molecule has 2 N–H and O–H groups in total. The number of benzene rings is 1. The molecule has 1 aromatic heterocycles. The highest BCUT2D eigenvalue weighted by Gasteiger charge is 2.11. The van der Waals surface area contributed by atoms with Crippen molar-refractivity contribution in [3.05, 3.63) is 47.7 Å². The first-order chi connectivity index (χ1) is 11.0. The van der Waals surface area contributed by atoms with E-state index in [-0.39, 0.29) is 12.4 Å². The predicted molar refractivity (Wildman–Crippen MR) is 79.6 cm³/mol. The van der Waals surface area contributed by atoms with Gasteiger partial charge in [-0.3, -0.25) is 14.4 Å². The van der Waals surface area contributed by atoms with E-state index >= 15 is 0 Å². The summed E-state index contributed by atoms with van der Waals surface area (Å²) in [5.74, 6) is -1.45. The van der Waals surface area contributed by atoms with Gasteiger partial charge in [0.05, 0.1) is 0 Å². The van der Waals surface area contributed by atoms with Gasteiger partial charge in [-0.25, -0.2) is 0 Å². The molecule has 2 aromatic rings. The Morgan fingerprint density at radius 1 is 1.26 bits per heavy atom. The van der Waals surface area contributed by atoms with E-state index in [1.165, 1.54) is 12.3 Å². The van der Waals surface area contributed by atoms with Gasteiger partial charge in [0.1, 0.15) is 12.8 Å². The number of esters is 1. The molecule has 0 saturated carbocycles. The monoisotopic (exact) mass is 317 g/mol. The maximum atomic E-state index is 11.8. The van der Waals surface area contributed by atoms with Crippen LogP contribution in [-0.2, 0) is 14.3 Å². The highest BCUT2D eigenvalue weighted by Crippen LogP contribution is 2.03. The zero-order valence-corrected chi connectivity index (χ0v) is 12.4. The molecule has 0 spiro atoms. The molecule has 8 heteroatoms. The molecule has 0 aliphatic heterocycles. The lowest BCUT2D eigenvalue weighted by atomic mass is 10.1. The van der Waals surface area contributed by atoms with E-state index in [1.807, 2.05) is 13.0 Å². The summed E-state index contributed by atoms with van der Waals surface area (Å²) in [4.78, 5) is 34.8. The quantitative estimate of drug-likeness (QED) is 0.766. The summed E-state index contributed by atoms with van der Waals surface area (Å²) in [5.41, 5.74) is 1.38. The van der Waals surface area contributed by atoms with Gasteiger partial charge < -0.3 is 19.9 Å². The Bertz CT molecular complexity index is 697. The van der Waals surface area contributed by atoms with E-state index in [9.17, 15) is 14.4 Å². The molecule has 0 fully saturated rings. The third-order valence-corrected chi connectivity index (χ3v) is 2.74. The Hall–Kier alpha value is -3.16. The van der Waals surface area contributed by atoms with E-state index < -0.39 is 24.4 Å². The molecule has 8 nitrogen and oxygen atoms in total. The molecule has 0 atom stereocenters. The summed E-state index contributed by atoms with van der Waals surface area (Å²) in [6, 6.07) is 8.39. The lowest BCUT2D eigenvalue weighted by Crippen LogP contribution is -2.32. The highest BCUT2D eigenvalue weighted by atomic mass is 16.5. The Morgan fingerprint density at radius 3 is 2.78 bits per heavy atom. The summed E-state index contributed by atoms with van der Waals surface area (Å²) in [6.45, 7) is 1.05. The molecule has 1 aromatic carbocycles. The van der Waals surface area contributed by atoms with Crippen LogP contribution in [0.5, 0.6) is 0 Å². The number of aromatic nitrogens is 1. The number of rotatable bonds is 6. The van der Waals surface area contributed by atoms with Crippen LogP contribution in [0.25, 0.3) is 0 Å². The SMILES string of the molecule is Cc1cccc(C(=O)NCC(=O)OCC(=O)Nc2ccon2)c1. The van der Waals surface area contributed by atoms with Crippen LogP contribution in [0.15, 0.2) is 41.1 Å². The fourth-order valence-corrected chi connectivity index (χ4v) is 1.69. The number of ether oxygens (including phenoxy) is 1. The van der Waals surface area contributed by atoms with Crippen LogP contribution in [0.2, 0.25) is 0 Å². The molecule has 2 rings (SSSR count). The van der Waals surface area contributed by atoms with Crippen molar-refractivity contribution >= 4 is 23.6 Å². The van der Waals surface area contributed by atoms with Crippen molar-refractivity contribution in [2.24, 2.45) is 0 Å². The van der Waals surface area contributed by atoms with Crippen molar-refractivity contribution in [3.8, 4) is 0 Å². The van der Waals surface area contributed by atoms with Crippen molar-refractivity contribution < 1.29 is 23.6 Å². The minimum atomic E-state index is -0.721. The number of hydrogen-bond donors (Lipinski definition) is 2. The van der Waals surface area contributed by atoms with E-state index in [4.69, 9.17) is 4.74 Å². The fourth-order valence-electron chi connectivity index (χ4n) is 1.69. The maximum absolute atomic E-state index is 11.8. The molecular formula is C15H15N3O5. The summed E-state index contributed by atoms with van der Waals surface area (Å²) >= 11 is 0. The number of nitrogens with zero attached hydrogens (tertiary/aromatic N) is 1. The molecule has 0 saturated heterocycles. The second-order valence-electron chi connectivity index (χ2n) is 4.65. The number of carbonyl (C=O) groups excluding carboxylic acids is 3. The van der Waals surface area contributed by atoms with Gasteiger partial charge >= 0.3 is 5.97 Å². The number of aryl methyl sites for hydroxylation is 1. The summed E-state index contributed by atoms with van der Waals surface area (Å²) in [5, 5.41) is 8.27. The van der Waals surface area contributed by atoms with Crippen molar-refractivity contribution in [2.75, 3.05) is 18.5 Å². The first-order valence-corrected chi connectivity index (χ1v) is 6.75. The van der Waals surface area contributed by atoms with Gasteiger partial charge in [-0.15, -0.1) is 0 Å². The maximum Gasteiger partial charge on any atom is 0.325 e. The molecular weight excluding hydrogens is 302 g/mol. The number of hydrogen-bond acceptors (Lipinski definition) is 6. The highest BCUT2D eigenvalue weighted by molar-refractivity contribution is 5.96. The van der Waals surface area contributed by atoms with E-state index in [0.29, 0.717) is 5.56 Å². The molecule has 23 heavy (non-hydrogen) atoms. The lowest BCUT2D eigenvalue weighted by molar-refractivity contribution is -0.146. The van der Waals surface area contributed by atoms with Crippen molar-refractivity contribution in [1.82, 2.24) is 10.5 Å². The summed E-state index contributed by atoms with van der Waals surface area (Å²) < 4.78 is 9.27. The van der Waals surface area contributed by atoms with Crippen LogP contribution < -0.4 is 10.6 Å². The zero-order valence-electron chi connectivity index (χ0n) is 12.4. The number of carbonyl (C=O) groups is 3. The fraction of sp³-hybridized carbons (Fsp3) is 0.200. The summed E-state index contributed by atoms with van der Waals surface area (Å²) in [7, 11) is 0. The van der Waals surface area contributed by atoms with Crippen LogP contribution in [-0.4, -0.2) is 36.1 Å². The van der Waals surface area contributed by atoms with Gasteiger partial charge in [-0.2, -0.15) is 0 Å². The Labute approximate surface area is 131 Å². The Balaban J connectivity index is 1.70. The van der Waals surface area contributed by atoms with Crippen LogP contribution >= 0.6 is 0 Å². The lowest BCUT2D eigenvalue weighted by Gasteiger charge is -2.06. The third kappa shape index (κ3) is 5.27. The first-order valence-electron chi connectivity index (χ1n) is 6.75. The van der Waals surface area contributed by atoms with Gasteiger partial charge in [0, 0.05) is 11.6 Å². The van der Waals surface area contributed by atoms with E-state index in [0.717, 1.165) is 5.56 Å². The first kappa shape index (κ1) is 16.2. The third-order valence-electron chi connectivity index (χ3n) is 2.74. The minimum Gasteiger partial charge on any atom is -0.454 e. The van der Waals surface area contributed by atoms with Crippen LogP contribution in [0.3, 0.4) is 0 Å². The molecule has 0 bridgehead atoms. The van der Waals surface area contributed by atoms with Gasteiger partial charge in [-0.05, 0) is 19.1 Å². The second kappa shape index (κ2) is 7.74. The van der Waals surface area contributed by atoms with Crippen LogP contribution in [0.4, 0.5) is 5.82 Å².